The standard InChI is InChI=1S/C16H17BrO/c1-10-5-6-14(7-11(10)2)18-16-9-13(4)12(3)8-15(16)17/h5-9H,1-4H3. The summed E-state index contributed by atoms with van der Waals surface area (Å²) in [4.78, 5) is 0. The zero-order valence-corrected chi connectivity index (χ0v) is 12.8. The van der Waals surface area contributed by atoms with Crippen molar-refractivity contribution in [3.63, 3.8) is 0 Å². The Labute approximate surface area is 117 Å². The molecule has 0 aliphatic rings. The van der Waals surface area contributed by atoms with E-state index < -0.39 is 0 Å². The highest BCUT2D eigenvalue weighted by Gasteiger charge is 2.06. The fraction of sp³-hybridized carbons (Fsp3) is 0.250. The van der Waals surface area contributed by atoms with Gasteiger partial charge in [-0.15, -0.1) is 0 Å². The molecule has 94 valence electrons. The summed E-state index contributed by atoms with van der Waals surface area (Å²) < 4.78 is 6.92. The van der Waals surface area contributed by atoms with E-state index in [1.807, 2.05) is 6.07 Å². The Morgan fingerprint density at radius 2 is 1.39 bits per heavy atom. The average Bonchev–Trinajstić information content (AvgIpc) is 2.31. The maximum Gasteiger partial charge on any atom is 0.141 e. The van der Waals surface area contributed by atoms with Crippen molar-refractivity contribution in [2.75, 3.05) is 0 Å². The van der Waals surface area contributed by atoms with Gasteiger partial charge in [-0.1, -0.05) is 6.07 Å². The zero-order chi connectivity index (χ0) is 13.3. The van der Waals surface area contributed by atoms with Crippen molar-refractivity contribution < 1.29 is 4.74 Å². The SMILES string of the molecule is Cc1ccc(Oc2cc(C)c(C)cc2Br)cc1C. The second kappa shape index (κ2) is 5.15. The van der Waals surface area contributed by atoms with Gasteiger partial charge in [0.1, 0.15) is 11.5 Å². The first-order valence-corrected chi connectivity index (χ1v) is 6.78. The number of hydrogen-bond donors (Lipinski definition) is 0. The summed E-state index contributed by atoms with van der Waals surface area (Å²) in [5.41, 5.74) is 5.01. The van der Waals surface area contributed by atoms with E-state index in [1.54, 1.807) is 0 Å². The molecule has 2 rings (SSSR count). The van der Waals surface area contributed by atoms with Crippen molar-refractivity contribution in [3.05, 3.63) is 57.1 Å². The van der Waals surface area contributed by atoms with Crippen LogP contribution in [0.1, 0.15) is 22.3 Å². The number of aryl methyl sites for hydroxylation is 4. The molecule has 0 fully saturated rings. The van der Waals surface area contributed by atoms with Crippen LogP contribution in [0.5, 0.6) is 11.5 Å². The van der Waals surface area contributed by atoms with Crippen LogP contribution in [0.3, 0.4) is 0 Å². The highest BCUT2D eigenvalue weighted by Crippen LogP contribution is 2.32. The molecule has 0 aliphatic carbocycles. The molecule has 0 amide bonds. The van der Waals surface area contributed by atoms with Crippen LogP contribution in [-0.2, 0) is 0 Å². The van der Waals surface area contributed by atoms with Crippen LogP contribution in [0.2, 0.25) is 0 Å². The molecule has 18 heavy (non-hydrogen) atoms. The molecule has 2 heteroatoms. The molecule has 0 radical (unpaired) electrons. The first-order chi connectivity index (χ1) is 8.47. The molecule has 0 unspecified atom stereocenters. The van der Waals surface area contributed by atoms with Crippen LogP contribution in [-0.4, -0.2) is 0 Å². The monoisotopic (exact) mass is 304 g/mol. The summed E-state index contributed by atoms with van der Waals surface area (Å²) in [6.07, 6.45) is 0. The van der Waals surface area contributed by atoms with E-state index in [0.717, 1.165) is 16.0 Å². The summed E-state index contributed by atoms with van der Waals surface area (Å²) in [7, 11) is 0. The van der Waals surface area contributed by atoms with E-state index in [0.29, 0.717) is 0 Å². The number of rotatable bonds is 2. The Kier molecular flexibility index (Phi) is 3.76. The van der Waals surface area contributed by atoms with E-state index in [4.69, 9.17) is 4.74 Å². The summed E-state index contributed by atoms with van der Waals surface area (Å²) in [6.45, 7) is 8.39. The van der Waals surface area contributed by atoms with Gasteiger partial charge in [0.05, 0.1) is 4.47 Å². The first-order valence-electron chi connectivity index (χ1n) is 5.99. The number of ether oxygens (including phenoxy) is 1. The quantitative estimate of drug-likeness (QED) is 0.714. The predicted molar refractivity (Wildman–Crippen MR) is 79.6 cm³/mol. The lowest BCUT2D eigenvalue weighted by Crippen LogP contribution is -1.90. The minimum absolute atomic E-state index is 0.862. The Bertz CT molecular complexity index is 588. The smallest absolute Gasteiger partial charge is 0.141 e. The summed E-state index contributed by atoms with van der Waals surface area (Å²) in [6, 6.07) is 10.3. The lowest BCUT2D eigenvalue weighted by atomic mass is 10.1. The lowest BCUT2D eigenvalue weighted by Gasteiger charge is -2.11. The number of halogens is 1. The molecular formula is C16H17BrO. The third-order valence-electron chi connectivity index (χ3n) is 3.25. The van der Waals surface area contributed by atoms with Gasteiger partial charge < -0.3 is 4.74 Å². The van der Waals surface area contributed by atoms with Crippen molar-refractivity contribution in [2.45, 2.75) is 27.7 Å². The van der Waals surface area contributed by atoms with Crippen LogP contribution in [0, 0.1) is 27.7 Å². The molecule has 1 nitrogen and oxygen atoms in total. The molecule has 0 spiro atoms. The van der Waals surface area contributed by atoms with E-state index in [9.17, 15) is 0 Å². The molecular weight excluding hydrogens is 288 g/mol. The van der Waals surface area contributed by atoms with E-state index in [-0.39, 0.29) is 0 Å². The largest absolute Gasteiger partial charge is 0.456 e. The van der Waals surface area contributed by atoms with Gasteiger partial charge in [-0.3, -0.25) is 0 Å². The maximum atomic E-state index is 5.93. The van der Waals surface area contributed by atoms with Crippen molar-refractivity contribution >= 4 is 15.9 Å². The normalized spacial score (nSPS) is 10.5. The molecule has 0 heterocycles. The van der Waals surface area contributed by atoms with E-state index in [1.165, 1.54) is 22.3 Å². The third kappa shape index (κ3) is 2.75. The first kappa shape index (κ1) is 13.2. The average molecular weight is 305 g/mol. The minimum Gasteiger partial charge on any atom is -0.456 e. The molecule has 0 aromatic heterocycles. The predicted octanol–water partition coefficient (Wildman–Crippen LogP) is 5.48. The van der Waals surface area contributed by atoms with Crippen LogP contribution >= 0.6 is 15.9 Å². The lowest BCUT2D eigenvalue weighted by molar-refractivity contribution is 0.478. The molecule has 0 saturated heterocycles. The Morgan fingerprint density at radius 3 is 2.06 bits per heavy atom. The fourth-order valence-electron chi connectivity index (χ4n) is 1.74. The van der Waals surface area contributed by atoms with Crippen molar-refractivity contribution in [1.82, 2.24) is 0 Å². The van der Waals surface area contributed by atoms with Gasteiger partial charge in [0.2, 0.25) is 0 Å². The van der Waals surface area contributed by atoms with Crippen molar-refractivity contribution in [1.29, 1.82) is 0 Å². The summed E-state index contributed by atoms with van der Waals surface area (Å²) >= 11 is 3.55. The zero-order valence-electron chi connectivity index (χ0n) is 11.2. The van der Waals surface area contributed by atoms with Gasteiger partial charge in [-0.25, -0.2) is 0 Å². The molecule has 0 aliphatic heterocycles. The second-order valence-corrected chi connectivity index (χ2v) is 5.57. The fourth-order valence-corrected chi connectivity index (χ4v) is 2.28. The Balaban J connectivity index is 2.34. The van der Waals surface area contributed by atoms with E-state index >= 15 is 0 Å². The number of benzene rings is 2. The molecule has 0 bridgehead atoms. The maximum absolute atomic E-state index is 5.93. The van der Waals surface area contributed by atoms with Crippen LogP contribution in [0.25, 0.3) is 0 Å². The van der Waals surface area contributed by atoms with Crippen molar-refractivity contribution in [2.24, 2.45) is 0 Å². The van der Waals surface area contributed by atoms with E-state index in [2.05, 4.69) is 67.9 Å². The topological polar surface area (TPSA) is 9.23 Å². The van der Waals surface area contributed by atoms with Crippen LogP contribution < -0.4 is 4.74 Å². The molecule has 0 N–H and O–H groups in total. The van der Waals surface area contributed by atoms with Crippen LogP contribution in [0.4, 0.5) is 0 Å². The summed E-state index contributed by atoms with van der Waals surface area (Å²) in [5.74, 6) is 1.74. The van der Waals surface area contributed by atoms with Gasteiger partial charge >= 0.3 is 0 Å². The van der Waals surface area contributed by atoms with Crippen molar-refractivity contribution in [3.8, 4) is 11.5 Å². The highest BCUT2D eigenvalue weighted by atomic mass is 79.9. The number of hydrogen-bond acceptors (Lipinski definition) is 1. The van der Waals surface area contributed by atoms with Gasteiger partial charge in [-0.05, 0) is 90.1 Å². The molecule has 0 atom stereocenters. The second-order valence-electron chi connectivity index (χ2n) is 4.72. The molecule has 0 saturated carbocycles. The van der Waals surface area contributed by atoms with Crippen LogP contribution in [0.15, 0.2) is 34.8 Å². The molecule has 2 aromatic carbocycles. The Morgan fingerprint density at radius 1 is 0.778 bits per heavy atom. The minimum atomic E-state index is 0.862. The Hall–Kier alpha value is -1.28. The third-order valence-corrected chi connectivity index (χ3v) is 3.87. The molecule has 2 aromatic rings. The van der Waals surface area contributed by atoms with Gasteiger partial charge in [-0.2, -0.15) is 0 Å². The van der Waals surface area contributed by atoms with Gasteiger partial charge in [0.15, 0.2) is 0 Å². The summed E-state index contributed by atoms with van der Waals surface area (Å²) in [5, 5.41) is 0. The van der Waals surface area contributed by atoms with Gasteiger partial charge in [0.25, 0.3) is 0 Å². The highest BCUT2D eigenvalue weighted by molar-refractivity contribution is 9.10. The van der Waals surface area contributed by atoms with Gasteiger partial charge in [0, 0.05) is 0 Å².